The highest BCUT2D eigenvalue weighted by atomic mass is 19.4. The average Bonchev–Trinajstić information content (AvgIpc) is 3.25. The predicted molar refractivity (Wildman–Crippen MR) is 205 cm³/mol. The van der Waals surface area contributed by atoms with Crippen LogP contribution in [0, 0.1) is 35.0 Å². The van der Waals surface area contributed by atoms with Crippen molar-refractivity contribution in [3.8, 4) is 6.07 Å². The molecule has 3 unspecified atom stereocenters. The third-order valence-corrected chi connectivity index (χ3v) is 8.71. The Kier molecular flexibility index (Phi) is 31.8. The molecule has 0 saturated heterocycles. The molecule has 0 bridgehead atoms. The fourth-order valence-electron chi connectivity index (χ4n) is 5.38. The number of hydrogen-bond acceptors (Lipinski definition) is 4. The molecule has 1 aliphatic rings. The zero-order valence-corrected chi connectivity index (χ0v) is 32.8. The number of allylic oxidation sites excluding steroid dienone is 6. The lowest BCUT2D eigenvalue weighted by Gasteiger charge is -2.18. The van der Waals surface area contributed by atoms with Crippen LogP contribution in [0.25, 0.3) is 0 Å². The van der Waals surface area contributed by atoms with E-state index in [4.69, 9.17) is 16.7 Å². The molecule has 7 heteroatoms. The highest BCUT2D eigenvalue weighted by Crippen LogP contribution is 2.29. The first-order valence-corrected chi connectivity index (χ1v) is 18.8. The van der Waals surface area contributed by atoms with E-state index in [-0.39, 0.29) is 17.4 Å². The van der Waals surface area contributed by atoms with Crippen LogP contribution in [0.15, 0.2) is 59.0 Å². The minimum Gasteiger partial charge on any atom is -0.398 e. The first kappa shape index (κ1) is 49.9. The van der Waals surface area contributed by atoms with Gasteiger partial charge in [-0.2, -0.15) is 18.4 Å². The van der Waals surface area contributed by atoms with Crippen LogP contribution in [-0.4, -0.2) is 19.3 Å². The monoisotopic (exact) mass is 681 g/mol. The molecule has 48 heavy (non-hydrogen) atoms. The summed E-state index contributed by atoms with van der Waals surface area (Å²) < 4.78 is 38.0. The van der Waals surface area contributed by atoms with Crippen molar-refractivity contribution in [2.24, 2.45) is 35.1 Å². The SMILES string of the molecule is C=C(N)/C(=C\C(=C/C(C)C#N)C(F)(F)F)NC.CC.CCCCC(CC)CC.CCCCC(CC)CCC1=CCCC(N)C(C(C)C)=C1. The van der Waals surface area contributed by atoms with E-state index >= 15 is 0 Å². The van der Waals surface area contributed by atoms with Gasteiger partial charge in [0.1, 0.15) is 0 Å². The smallest absolute Gasteiger partial charge is 0.398 e. The molecule has 280 valence electrons. The van der Waals surface area contributed by atoms with Crippen LogP contribution in [0.1, 0.15) is 153 Å². The molecule has 0 heterocycles. The van der Waals surface area contributed by atoms with Crippen molar-refractivity contribution in [2.75, 3.05) is 7.05 Å². The van der Waals surface area contributed by atoms with Gasteiger partial charge in [-0.25, -0.2) is 0 Å². The standard InChI is InChI=1S/C19H35N.C11H14F3N3.C9H20.C2H6/c1-5-7-9-16(6-2)12-13-17-10-8-11-19(20)18(14-17)15(3)4;1-7(6-15)4-9(11(12,13)14)5-10(17-3)8(2)16;1-4-7-8-9(5-2)6-3;1-2/h10,14-16,19H,5-9,11-13,20H2,1-4H3;4-5,7,17H,2,16H2,1,3H3;9H,4-8H2,1-3H3;1-2H3/b;9-4+,10-5+;;. The summed E-state index contributed by atoms with van der Waals surface area (Å²) >= 11 is 0. The number of nitrogens with two attached hydrogens (primary N) is 2. The van der Waals surface area contributed by atoms with Crippen molar-refractivity contribution in [1.82, 2.24) is 5.32 Å². The van der Waals surface area contributed by atoms with Gasteiger partial charge in [0, 0.05) is 18.8 Å². The van der Waals surface area contributed by atoms with E-state index in [0.29, 0.717) is 5.92 Å². The zero-order valence-electron chi connectivity index (χ0n) is 32.8. The van der Waals surface area contributed by atoms with E-state index in [1.54, 1.807) is 6.07 Å². The van der Waals surface area contributed by atoms with Crippen molar-refractivity contribution in [1.29, 1.82) is 5.26 Å². The average molecular weight is 681 g/mol. The molecule has 0 radical (unpaired) electrons. The molecular formula is C41H75F3N4. The summed E-state index contributed by atoms with van der Waals surface area (Å²) in [6.45, 7) is 24.7. The molecule has 5 N–H and O–H groups in total. The van der Waals surface area contributed by atoms with Crippen molar-refractivity contribution >= 4 is 0 Å². The Hall–Kier alpha value is -2.46. The van der Waals surface area contributed by atoms with Crippen molar-refractivity contribution in [3.63, 3.8) is 0 Å². The molecule has 0 aliphatic heterocycles. The molecule has 0 aromatic rings. The maximum Gasteiger partial charge on any atom is 0.416 e. The summed E-state index contributed by atoms with van der Waals surface area (Å²) in [5, 5.41) is 11.0. The fraction of sp³-hybridized carbons (Fsp3) is 0.732. The third-order valence-electron chi connectivity index (χ3n) is 8.71. The maximum absolute atomic E-state index is 12.7. The lowest BCUT2D eigenvalue weighted by atomic mass is 9.90. The predicted octanol–water partition coefficient (Wildman–Crippen LogP) is 12.5. The Morgan fingerprint density at radius 1 is 1.00 bits per heavy atom. The van der Waals surface area contributed by atoms with Gasteiger partial charge >= 0.3 is 6.18 Å². The quantitative estimate of drug-likeness (QED) is 0.133. The van der Waals surface area contributed by atoms with Gasteiger partial charge in [-0.15, -0.1) is 0 Å². The van der Waals surface area contributed by atoms with Crippen LogP contribution < -0.4 is 16.8 Å². The minimum atomic E-state index is -4.54. The lowest BCUT2D eigenvalue weighted by molar-refractivity contribution is -0.0886. The summed E-state index contributed by atoms with van der Waals surface area (Å²) in [7, 11) is 1.44. The summed E-state index contributed by atoms with van der Waals surface area (Å²) in [6.07, 6.45) is 19.2. The van der Waals surface area contributed by atoms with Gasteiger partial charge in [-0.05, 0) is 56.4 Å². The molecule has 0 saturated carbocycles. The normalized spacial score (nSPS) is 16.4. The van der Waals surface area contributed by atoms with Crippen molar-refractivity contribution in [3.05, 3.63) is 59.0 Å². The Morgan fingerprint density at radius 3 is 1.92 bits per heavy atom. The van der Waals surface area contributed by atoms with E-state index in [0.717, 1.165) is 36.8 Å². The maximum atomic E-state index is 12.7. The second-order valence-corrected chi connectivity index (χ2v) is 12.9. The van der Waals surface area contributed by atoms with Gasteiger partial charge in [0.05, 0.1) is 23.3 Å². The molecule has 4 nitrogen and oxygen atoms in total. The van der Waals surface area contributed by atoms with E-state index < -0.39 is 17.7 Å². The Bertz CT molecular complexity index is 979. The van der Waals surface area contributed by atoms with Crippen LogP contribution in [0.5, 0.6) is 0 Å². The molecule has 0 amide bonds. The minimum absolute atomic E-state index is 0.00717. The van der Waals surface area contributed by atoms with Gasteiger partial charge in [-0.1, -0.05) is 156 Å². The van der Waals surface area contributed by atoms with Crippen LogP contribution in [0.2, 0.25) is 0 Å². The lowest BCUT2D eigenvalue weighted by Crippen LogP contribution is -2.24. The van der Waals surface area contributed by atoms with Crippen LogP contribution >= 0.6 is 0 Å². The number of hydrogen-bond donors (Lipinski definition) is 3. The Labute approximate surface area is 295 Å². The number of unbranched alkanes of at least 4 members (excludes halogenated alkanes) is 2. The molecule has 0 spiro atoms. The Balaban J connectivity index is -0.000000656. The highest BCUT2D eigenvalue weighted by molar-refractivity contribution is 5.36. The second-order valence-electron chi connectivity index (χ2n) is 12.9. The van der Waals surface area contributed by atoms with Crippen molar-refractivity contribution < 1.29 is 13.2 Å². The summed E-state index contributed by atoms with van der Waals surface area (Å²) in [4.78, 5) is 0. The summed E-state index contributed by atoms with van der Waals surface area (Å²) in [5.41, 5.74) is 13.7. The molecule has 0 fully saturated rings. The number of halogens is 3. The highest BCUT2D eigenvalue weighted by Gasteiger charge is 2.32. The van der Waals surface area contributed by atoms with Gasteiger partial charge in [0.15, 0.2) is 0 Å². The number of likely N-dealkylation sites (N-methyl/N-ethyl adjacent to an activating group) is 1. The molecular weight excluding hydrogens is 605 g/mol. The summed E-state index contributed by atoms with van der Waals surface area (Å²) in [6, 6.07) is 1.98. The number of nitrogens with one attached hydrogen (secondary N) is 1. The molecule has 3 atom stereocenters. The van der Waals surface area contributed by atoms with E-state index in [9.17, 15) is 13.2 Å². The largest absolute Gasteiger partial charge is 0.416 e. The second kappa shape index (κ2) is 30.6. The number of nitrogens with zero attached hydrogens (tertiary/aromatic N) is 1. The summed E-state index contributed by atoms with van der Waals surface area (Å²) in [5.74, 6) is 1.65. The first-order chi connectivity index (χ1) is 22.6. The fourth-order valence-corrected chi connectivity index (χ4v) is 5.38. The zero-order chi connectivity index (χ0) is 37.7. The van der Waals surface area contributed by atoms with Crippen LogP contribution in [-0.2, 0) is 0 Å². The third kappa shape index (κ3) is 24.6. The molecule has 1 rings (SSSR count). The van der Waals surface area contributed by atoms with Gasteiger partial charge in [0.25, 0.3) is 0 Å². The van der Waals surface area contributed by atoms with Crippen LogP contribution in [0.4, 0.5) is 13.2 Å². The number of alkyl halides is 3. The first-order valence-electron chi connectivity index (χ1n) is 18.8. The number of nitriles is 1. The van der Waals surface area contributed by atoms with E-state index in [2.05, 4.69) is 72.5 Å². The molecule has 1 aliphatic carbocycles. The van der Waals surface area contributed by atoms with Crippen molar-refractivity contribution in [2.45, 2.75) is 165 Å². The van der Waals surface area contributed by atoms with Crippen LogP contribution in [0.3, 0.4) is 0 Å². The van der Waals surface area contributed by atoms with Gasteiger partial charge in [0.2, 0.25) is 0 Å². The van der Waals surface area contributed by atoms with Gasteiger partial charge < -0.3 is 16.8 Å². The van der Waals surface area contributed by atoms with Gasteiger partial charge in [-0.3, -0.25) is 0 Å². The number of rotatable bonds is 17. The van der Waals surface area contributed by atoms with E-state index in [1.165, 1.54) is 95.7 Å². The Morgan fingerprint density at radius 2 is 1.52 bits per heavy atom. The molecule has 0 aromatic carbocycles. The van der Waals surface area contributed by atoms with E-state index in [1.807, 2.05) is 13.8 Å². The topological polar surface area (TPSA) is 87.9 Å². The molecule has 0 aromatic heterocycles.